The highest BCUT2D eigenvalue weighted by molar-refractivity contribution is 5.91. The van der Waals surface area contributed by atoms with Gasteiger partial charge in [-0.05, 0) is 42.9 Å². The lowest BCUT2D eigenvalue weighted by atomic mass is 9.88. The van der Waals surface area contributed by atoms with E-state index in [9.17, 15) is 4.79 Å². The van der Waals surface area contributed by atoms with Gasteiger partial charge in [0.1, 0.15) is 5.82 Å². The Hall–Kier alpha value is -2.92. The van der Waals surface area contributed by atoms with Gasteiger partial charge in [-0.25, -0.2) is 4.68 Å². The summed E-state index contributed by atoms with van der Waals surface area (Å²) in [4.78, 5) is 12.7. The third-order valence-electron chi connectivity index (χ3n) is 5.50. The van der Waals surface area contributed by atoms with Crippen molar-refractivity contribution in [3.8, 4) is 0 Å². The second kappa shape index (κ2) is 7.98. The van der Waals surface area contributed by atoms with Crippen LogP contribution < -0.4 is 11.1 Å². The standard InChI is InChI=1S/C23H26N4O/c1-16-15-25-27(21-13-7-11-17-8-5-6-12-19(17)21)23(16)26-22(28)14-20(24)18-9-3-2-4-10-18/h2-6,8-10,12,15,20-21H,7,11,13-14,24H2,1H3,(H,26,28). The van der Waals surface area contributed by atoms with Gasteiger partial charge >= 0.3 is 0 Å². The van der Waals surface area contributed by atoms with Gasteiger partial charge in [0, 0.05) is 18.0 Å². The Morgan fingerprint density at radius 1 is 1.21 bits per heavy atom. The van der Waals surface area contributed by atoms with E-state index < -0.39 is 0 Å². The van der Waals surface area contributed by atoms with Gasteiger partial charge in [-0.3, -0.25) is 4.79 Å². The Morgan fingerprint density at radius 2 is 1.96 bits per heavy atom. The molecule has 5 nitrogen and oxygen atoms in total. The number of carbonyl (C=O) groups excluding carboxylic acids is 1. The minimum absolute atomic E-state index is 0.0923. The SMILES string of the molecule is Cc1cnn(C2CCCc3ccccc32)c1NC(=O)CC(N)c1ccccc1. The van der Waals surface area contributed by atoms with Crippen LogP contribution in [0.15, 0.2) is 60.8 Å². The molecule has 3 N–H and O–H groups in total. The number of anilines is 1. The zero-order valence-corrected chi connectivity index (χ0v) is 16.1. The summed E-state index contributed by atoms with van der Waals surface area (Å²) in [5.74, 6) is 0.678. The molecular formula is C23H26N4O. The first-order chi connectivity index (χ1) is 13.6. The average molecular weight is 374 g/mol. The summed E-state index contributed by atoms with van der Waals surface area (Å²) >= 11 is 0. The maximum atomic E-state index is 12.7. The number of hydrogen-bond donors (Lipinski definition) is 2. The van der Waals surface area contributed by atoms with Crippen LogP contribution in [0.5, 0.6) is 0 Å². The van der Waals surface area contributed by atoms with Crippen molar-refractivity contribution in [2.24, 2.45) is 5.73 Å². The number of carbonyl (C=O) groups is 1. The van der Waals surface area contributed by atoms with Gasteiger partial charge in [0.25, 0.3) is 0 Å². The second-order valence-corrected chi connectivity index (χ2v) is 7.50. The van der Waals surface area contributed by atoms with Gasteiger partial charge in [0.05, 0.1) is 12.2 Å². The first kappa shape index (κ1) is 18.4. The number of benzene rings is 2. The third kappa shape index (κ3) is 3.71. The molecule has 0 spiro atoms. The molecule has 0 saturated carbocycles. The van der Waals surface area contributed by atoms with E-state index in [1.165, 1.54) is 11.1 Å². The molecule has 28 heavy (non-hydrogen) atoms. The minimum Gasteiger partial charge on any atom is -0.324 e. The number of nitrogens with two attached hydrogens (primary N) is 1. The fraction of sp³-hybridized carbons (Fsp3) is 0.304. The quantitative estimate of drug-likeness (QED) is 0.705. The fourth-order valence-electron chi connectivity index (χ4n) is 4.02. The normalized spacial score (nSPS) is 17.0. The number of fused-ring (bicyclic) bond motifs is 1. The summed E-state index contributed by atoms with van der Waals surface area (Å²) in [6, 6.07) is 18.1. The molecule has 0 saturated heterocycles. The van der Waals surface area contributed by atoms with E-state index in [1.807, 2.05) is 48.1 Å². The smallest absolute Gasteiger partial charge is 0.227 e. The number of aromatic nitrogens is 2. The van der Waals surface area contributed by atoms with Crippen molar-refractivity contribution in [3.05, 3.63) is 83.0 Å². The molecule has 144 valence electrons. The number of rotatable bonds is 5. The summed E-state index contributed by atoms with van der Waals surface area (Å²) in [6.45, 7) is 1.98. The summed E-state index contributed by atoms with van der Waals surface area (Å²) in [6.07, 6.45) is 5.29. The highest BCUT2D eigenvalue weighted by Crippen LogP contribution is 2.35. The largest absolute Gasteiger partial charge is 0.324 e. The van der Waals surface area contributed by atoms with E-state index >= 15 is 0 Å². The van der Waals surface area contributed by atoms with Crippen molar-refractivity contribution in [1.82, 2.24) is 9.78 Å². The van der Waals surface area contributed by atoms with Crippen LogP contribution in [0.4, 0.5) is 5.82 Å². The maximum absolute atomic E-state index is 12.7. The van der Waals surface area contributed by atoms with Crippen LogP contribution in [0.1, 0.15) is 53.6 Å². The lowest BCUT2D eigenvalue weighted by molar-refractivity contribution is -0.116. The molecular weight excluding hydrogens is 348 g/mol. The topological polar surface area (TPSA) is 72.9 Å². The molecule has 1 aromatic heterocycles. The van der Waals surface area contributed by atoms with Crippen LogP contribution in [0.25, 0.3) is 0 Å². The molecule has 4 rings (SSSR count). The molecule has 2 aromatic carbocycles. The Kier molecular flexibility index (Phi) is 5.26. The molecule has 0 bridgehead atoms. The van der Waals surface area contributed by atoms with Gasteiger partial charge in [-0.2, -0.15) is 5.10 Å². The van der Waals surface area contributed by atoms with Crippen LogP contribution in [0, 0.1) is 6.92 Å². The number of nitrogens with one attached hydrogen (secondary N) is 1. The molecule has 1 amide bonds. The van der Waals surface area contributed by atoms with E-state index in [1.54, 1.807) is 0 Å². The molecule has 2 atom stereocenters. The number of hydrogen-bond acceptors (Lipinski definition) is 3. The Balaban J connectivity index is 1.54. The number of aryl methyl sites for hydroxylation is 2. The van der Waals surface area contributed by atoms with Crippen molar-refractivity contribution >= 4 is 11.7 Å². The highest BCUT2D eigenvalue weighted by Gasteiger charge is 2.25. The van der Waals surface area contributed by atoms with Gasteiger partial charge < -0.3 is 11.1 Å². The van der Waals surface area contributed by atoms with Crippen molar-refractivity contribution < 1.29 is 4.79 Å². The first-order valence-corrected chi connectivity index (χ1v) is 9.86. The predicted molar refractivity (Wildman–Crippen MR) is 111 cm³/mol. The molecule has 1 aliphatic rings. The van der Waals surface area contributed by atoms with Gasteiger partial charge in [0.2, 0.25) is 5.91 Å². The Morgan fingerprint density at radius 3 is 2.79 bits per heavy atom. The number of amides is 1. The summed E-state index contributed by atoms with van der Waals surface area (Å²) < 4.78 is 1.97. The predicted octanol–water partition coefficient (Wildman–Crippen LogP) is 4.15. The van der Waals surface area contributed by atoms with E-state index in [0.717, 1.165) is 36.2 Å². The van der Waals surface area contributed by atoms with Gasteiger partial charge in [-0.15, -0.1) is 0 Å². The molecule has 0 fully saturated rings. The van der Waals surface area contributed by atoms with Gasteiger partial charge in [0.15, 0.2) is 0 Å². The molecule has 1 heterocycles. The van der Waals surface area contributed by atoms with E-state index in [0.29, 0.717) is 0 Å². The van der Waals surface area contributed by atoms with E-state index in [-0.39, 0.29) is 24.4 Å². The summed E-state index contributed by atoms with van der Waals surface area (Å²) in [5, 5.41) is 7.67. The van der Waals surface area contributed by atoms with Crippen LogP contribution in [0.2, 0.25) is 0 Å². The monoisotopic (exact) mass is 374 g/mol. The highest BCUT2D eigenvalue weighted by atomic mass is 16.1. The number of nitrogens with zero attached hydrogens (tertiary/aromatic N) is 2. The van der Waals surface area contributed by atoms with Crippen molar-refractivity contribution in [1.29, 1.82) is 0 Å². The minimum atomic E-state index is -0.326. The third-order valence-corrected chi connectivity index (χ3v) is 5.50. The average Bonchev–Trinajstić information content (AvgIpc) is 3.08. The molecule has 0 aliphatic heterocycles. The molecule has 0 radical (unpaired) electrons. The van der Waals surface area contributed by atoms with Crippen molar-refractivity contribution in [2.45, 2.75) is 44.7 Å². The maximum Gasteiger partial charge on any atom is 0.227 e. The van der Waals surface area contributed by atoms with Crippen LogP contribution >= 0.6 is 0 Å². The lowest BCUT2D eigenvalue weighted by Crippen LogP contribution is -2.25. The summed E-state index contributed by atoms with van der Waals surface area (Å²) in [5.41, 5.74) is 10.8. The second-order valence-electron chi connectivity index (χ2n) is 7.50. The molecule has 3 aromatic rings. The molecule has 1 aliphatic carbocycles. The summed E-state index contributed by atoms with van der Waals surface area (Å²) in [7, 11) is 0. The molecule has 2 unspecified atom stereocenters. The Bertz CT molecular complexity index is 964. The van der Waals surface area contributed by atoms with Crippen molar-refractivity contribution in [3.63, 3.8) is 0 Å². The lowest BCUT2D eigenvalue weighted by Gasteiger charge is -2.27. The Labute approximate surface area is 165 Å². The van der Waals surface area contributed by atoms with E-state index in [2.05, 4.69) is 34.7 Å². The van der Waals surface area contributed by atoms with Crippen molar-refractivity contribution in [2.75, 3.05) is 5.32 Å². The fourth-order valence-corrected chi connectivity index (χ4v) is 4.02. The van der Waals surface area contributed by atoms with Gasteiger partial charge in [-0.1, -0.05) is 54.6 Å². The van der Waals surface area contributed by atoms with Crippen LogP contribution in [-0.2, 0) is 11.2 Å². The van der Waals surface area contributed by atoms with E-state index in [4.69, 9.17) is 5.73 Å². The van der Waals surface area contributed by atoms with Crippen LogP contribution in [0.3, 0.4) is 0 Å². The zero-order chi connectivity index (χ0) is 19.5. The molecule has 5 heteroatoms. The zero-order valence-electron chi connectivity index (χ0n) is 16.1. The first-order valence-electron chi connectivity index (χ1n) is 9.86. The van der Waals surface area contributed by atoms with Crippen LogP contribution in [-0.4, -0.2) is 15.7 Å².